The summed E-state index contributed by atoms with van der Waals surface area (Å²) in [7, 11) is 0. The quantitative estimate of drug-likeness (QED) is 0.0514. The number of aliphatic hydroxyl groups is 1. The molecule has 0 aliphatic carbocycles. The number of carboxylic acids is 2. The minimum Gasteiger partial charge on any atom is -0.481 e. The lowest BCUT2D eigenvalue weighted by Gasteiger charge is -2.25. The molecule has 1 heterocycles. The van der Waals surface area contributed by atoms with E-state index in [2.05, 4.69) is 30.9 Å². The molecule has 3 amide bonds. The Hall–Kier alpha value is -4.25. The molecule has 0 aliphatic heterocycles. The molecular formula is C21H35N9O8. The number of aromatic nitrogens is 2. The van der Waals surface area contributed by atoms with Crippen LogP contribution in [0.25, 0.3) is 0 Å². The third-order valence-electron chi connectivity index (χ3n) is 5.27. The van der Waals surface area contributed by atoms with Crippen LogP contribution in [0.2, 0.25) is 0 Å². The summed E-state index contributed by atoms with van der Waals surface area (Å²) in [4.78, 5) is 71.5. The number of aliphatic imine (C=N–C) groups is 1. The average molecular weight is 542 g/mol. The number of hydrogen-bond donors (Lipinski definition) is 10. The zero-order valence-electron chi connectivity index (χ0n) is 20.8. The fraction of sp³-hybridized carbons (Fsp3) is 0.571. The van der Waals surface area contributed by atoms with Crippen molar-refractivity contribution in [2.75, 3.05) is 6.54 Å². The minimum absolute atomic E-state index is 0.0484. The maximum Gasteiger partial charge on any atom is 0.326 e. The first-order chi connectivity index (χ1) is 17.8. The third kappa shape index (κ3) is 11.7. The third-order valence-corrected chi connectivity index (χ3v) is 5.27. The lowest BCUT2D eigenvalue weighted by molar-refractivity contribution is -0.143. The van der Waals surface area contributed by atoms with E-state index in [9.17, 15) is 34.2 Å². The number of nitrogens with zero attached hydrogens (tertiary/aromatic N) is 2. The van der Waals surface area contributed by atoms with Crippen molar-refractivity contribution in [1.82, 2.24) is 25.9 Å². The van der Waals surface area contributed by atoms with E-state index in [1.54, 1.807) is 0 Å². The lowest BCUT2D eigenvalue weighted by atomic mass is 10.1. The van der Waals surface area contributed by atoms with Gasteiger partial charge in [0, 0.05) is 31.3 Å². The van der Waals surface area contributed by atoms with Gasteiger partial charge in [-0.3, -0.25) is 24.2 Å². The Labute approximate surface area is 217 Å². The number of H-pyrrole nitrogens is 1. The van der Waals surface area contributed by atoms with Crippen molar-refractivity contribution in [3.8, 4) is 0 Å². The maximum absolute atomic E-state index is 13.1. The average Bonchev–Trinajstić information content (AvgIpc) is 3.34. The van der Waals surface area contributed by atoms with Crippen LogP contribution in [0.5, 0.6) is 0 Å². The van der Waals surface area contributed by atoms with Crippen LogP contribution in [0.15, 0.2) is 17.5 Å². The van der Waals surface area contributed by atoms with E-state index in [0.29, 0.717) is 5.69 Å². The van der Waals surface area contributed by atoms with Crippen LogP contribution < -0.4 is 33.2 Å². The summed E-state index contributed by atoms with van der Waals surface area (Å²) < 4.78 is 0. The molecule has 0 spiro atoms. The Morgan fingerprint density at radius 3 is 2.13 bits per heavy atom. The number of carbonyl (C=O) groups is 5. The summed E-state index contributed by atoms with van der Waals surface area (Å²) >= 11 is 0. The second-order valence-corrected chi connectivity index (χ2v) is 8.45. The number of aliphatic carboxylic acids is 2. The summed E-state index contributed by atoms with van der Waals surface area (Å²) in [5.41, 5.74) is 16.5. The maximum atomic E-state index is 13.1. The molecule has 0 aromatic carbocycles. The standard InChI is InChI=1S/C21H35N9O8/c1-10(31)16(22)19(36)30-14(7-11-8-25-9-27-11)18(35)28-12(4-5-15(32)33)17(34)29-13(20(37)38)3-2-6-26-21(23)24/h8-10,12-14,16,31H,2-7,22H2,1H3,(H,25,27)(H,28,35)(H,29,34)(H,30,36)(H,32,33)(H,37,38)(H4,23,24,26). The van der Waals surface area contributed by atoms with Gasteiger partial charge < -0.3 is 53.5 Å². The van der Waals surface area contributed by atoms with Gasteiger partial charge in [-0.05, 0) is 26.2 Å². The van der Waals surface area contributed by atoms with Crippen molar-refractivity contribution in [2.24, 2.45) is 22.2 Å². The molecule has 0 saturated carbocycles. The molecule has 13 N–H and O–H groups in total. The molecular weight excluding hydrogens is 506 g/mol. The lowest BCUT2D eigenvalue weighted by Crippen LogP contribution is -2.58. The molecule has 5 unspecified atom stereocenters. The number of carbonyl (C=O) groups excluding carboxylic acids is 3. The van der Waals surface area contributed by atoms with E-state index in [1.165, 1.54) is 19.4 Å². The number of amides is 3. The Kier molecular flexibility index (Phi) is 13.2. The highest BCUT2D eigenvalue weighted by Crippen LogP contribution is 2.06. The van der Waals surface area contributed by atoms with E-state index < -0.39 is 66.4 Å². The Morgan fingerprint density at radius 2 is 1.61 bits per heavy atom. The zero-order valence-corrected chi connectivity index (χ0v) is 20.8. The van der Waals surface area contributed by atoms with Crippen LogP contribution in [0.3, 0.4) is 0 Å². The van der Waals surface area contributed by atoms with Gasteiger partial charge in [0.1, 0.15) is 24.2 Å². The van der Waals surface area contributed by atoms with Gasteiger partial charge in [-0.1, -0.05) is 0 Å². The zero-order chi connectivity index (χ0) is 28.8. The number of nitrogens with one attached hydrogen (secondary N) is 4. The van der Waals surface area contributed by atoms with Crippen LogP contribution >= 0.6 is 0 Å². The van der Waals surface area contributed by atoms with Gasteiger partial charge in [-0.15, -0.1) is 0 Å². The predicted octanol–water partition coefficient (Wildman–Crippen LogP) is -3.88. The highest BCUT2D eigenvalue weighted by molar-refractivity contribution is 5.94. The van der Waals surface area contributed by atoms with Gasteiger partial charge in [0.25, 0.3) is 0 Å². The van der Waals surface area contributed by atoms with Gasteiger partial charge in [-0.25, -0.2) is 9.78 Å². The van der Waals surface area contributed by atoms with Gasteiger partial charge in [-0.2, -0.15) is 0 Å². The fourth-order valence-electron chi connectivity index (χ4n) is 3.15. The van der Waals surface area contributed by atoms with Gasteiger partial charge in [0.05, 0.1) is 12.4 Å². The first kappa shape index (κ1) is 31.8. The molecule has 1 rings (SSSR count). The van der Waals surface area contributed by atoms with E-state index in [0.717, 1.165) is 0 Å². The summed E-state index contributed by atoms with van der Waals surface area (Å²) in [5, 5.41) is 35.2. The normalized spacial score (nSPS) is 14.7. The predicted molar refractivity (Wildman–Crippen MR) is 132 cm³/mol. The van der Waals surface area contributed by atoms with Gasteiger partial charge >= 0.3 is 11.9 Å². The first-order valence-corrected chi connectivity index (χ1v) is 11.6. The van der Waals surface area contributed by atoms with Crippen molar-refractivity contribution in [3.63, 3.8) is 0 Å². The number of rotatable bonds is 17. The molecule has 0 radical (unpaired) electrons. The van der Waals surface area contributed by atoms with Crippen molar-refractivity contribution in [2.45, 2.75) is 69.3 Å². The van der Waals surface area contributed by atoms with Crippen LogP contribution in [0.4, 0.5) is 0 Å². The molecule has 1 aromatic rings. The topological polar surface area (TPSA) is 301 Å². The van der Waals surface area contributed by atoms with Gasteiger partial charge in [0.2, 0.25) is 17.7 Å². The van der Waals surface area contributed by atoms with Gasteiger partial charge in [0.15, 0.2) is 5.96 Å². The van der Waals surface area contributed by atoms with Crippen LogP contribution in [-0.2, 0) is 30.4 Å². The number of aromatic amines is 1. The number of nitrogens with two attached hydrogens (primary N) is 3. The number of carboxylic acid groups (broad SMARTS) is 2. The monoisotopic (exact) mass is 541 g/mol. The fourth-order valence-corrected chi connectivity index (χ4v) is 3.15. The molecule has 212 valence electrons. The van der Waals surface area contributed by atoms with Crippen molar-refractivity contribution in [1.29, 1.82) is 0 Å². The second kappa shape index (κ2) is 15.8. The molecule has 0 aliphatic rings. The highest BCUT2D eigenvalue weighted by atomic mass is 16.4. The highest BCUT2D eigenvalue weighted by Gasteiger charge is 2.31. The molecule has 17 heteroatoms. The summed E-state index contributed by atoms with van der Waals surface area (Å²) in [6, 6.07) is -5.48. The van der Waals surface area contributed by atoms with E-state index >= 15 is 0 Å². The number of hydrogen-bond acceptors (Lipinski definition) is 9. The smallest absolute Gasteiger partial charge is 0.326 e. The molecule has 0 fully saturated rings. The largest absolute Gasteiger partial charge is 0.481 e. The Bertz CT molecular complexity index is 979. The van der Waals surface area contributed by atoms with E-state index in [4.69, 9.17) is 22.3 Å². The van der Waals surface area contributed by atoms with Crippen LogP contribution in [0.1, 0.15) is 38.3 Å². The van der Waals surface area contributed by atoms with Crippen molar-refractivity contribution in [3.05, 3.63) is 18.2 Å². The second-order valence-electron chi connectivity index (χ2n) is 8.45. The SMILES string of the molecule is CC(O)C(N)C(=O)NC(Cc1cnc[nH]1)C(=O)NC(CCC(=O)O)C(=O)NC(CCCN=C(N)N)C(=O)O. The summed E-state index contributed by atoms with van der Waals surface area (Å²) in [6.45, 7) is 1.40. The first-order valence-electron chi connectivity index (χ1n) is 11.6. The molecule has 17 nitrogen and oxygen atoms in total. The molecule has 0 bridgehead atoms. The summed E-state index contributed by atoms with van der Waals surface area (Å²) in [6.07, 6.45) is 0.678. The Balaban J connectivity index is 3.04. The number of imidazole rings is 1. The van der Waals surface area contributed by atoms with Crippen molar-refractivity contribution < 1.29 is 39.3 Å². The van der Waals surface area contributed by atoms with Crippen LogP contribution in [-0.4, -0.2) is 97.7 Å². The number of aliphatic hydroxyl groups excluding tert-OH is 1. The summed E-state index contributed by atoms with van der Waals surface area (Å²) in [5.74, 6) is -5.46. The van der Waals surface area contributed by atoms with E-state index in [-0.39, 0.29) is 38.2 Å². The van der Waals surface area contributed by atoms with Crippen LogP contribution in [0, 0.1) is 0 Å². The van der Waals surface area contributed by atoms with E-state index in [1.807, 2.05) is 0 Å². The molecule has 0 saturated heterocycles. The Morgan fingerprint density at radius 1 is 1.00 bits per heavy atom. The number of guanidine groups is 1. The molecule has 5 atom stereocenters. The molecule has 38 heavy (non-hydrogen) atoms. The minimum atomic E-state index is -1.45. The van der Waals surface area contributed by atoms with Crippen molar-refractivity contribution >= 4 is 35.6 Å². The molecule has 1 aromatic heterocycles.